The van der Waals surface area contributed by atoms with Crippen molar-refractivity contribution in [2.45, 2.75) is 26.4 Å². The Bertz CT molecular complexity index is 417. The van der Waals surface area contributed by atoms with Gasteiger partial charge in [-0.1, -0.05) is 12.1 Å². The number of rotatable bonds is 3. The molecule has 18 heavy (non-hydrogen) atoms. The highest BCUT2D eigenvalue weighted by Gasteiger charge is 2.19. The molecule has 0 atom stereocenters. The highest BCUT2D eigenvalue weighted by atomic mass is 16.5. The maximum absolute atomic E-state index is 11.7. The van der Waals surface area contributed by atoms with E-state index in [4.69, 9.17) is 9.47 Å². The summed E-state index contributed by atoms with van der Waals surface area (Å²) in [5.41, 5.74) is 0.968. The molecule has 0 saturated heterocycles. The average Bonchev–Trinajstić information content (AvgIpc) is 2.51. The second-order valence-corrected chi connectivity index (χ2v) is 4.63. The quantitative estimate of drug-likeness (QED) is 0.770. The van der Waals surface area contributed by atoms with Gasteiger partial charge < -0.3 is 14.4 Å². The predicted molar refractivity (Wildman–Crippen MR) is 70.0 cm³/mol. The van der Waals surface area contributed by atoms with Crippen LogP contribution in [0.1, 0.15) is 20.3 Å². The van der Waals surface area contributed by atoms with Gasteiger partial charge in [0.05, 0.1) is 18.4 Å². The molecule has 0 aliphatic carbocycles. The standard InChI is InChI=1S/C14H19NO3/c1-11(2)18-14(16)10-15-8-5-9-17-13-7-4-3-6-12(13)15/h3-4,6-7,11H,5,8-10H2,1-2H3. The molecule has 0 radical (unpaired) electrons. The fourth-order valence-electron chi connectivity index (χ4n) is 2.02. The smallest absolute Gasteiger partial charge is 0.325 e. The van der Waals surface area contributed by atoms with Crippen LogP contribution in [0.5, 0.6) is 5.75 Å². The molecule has 0 unspecified atom stereocenters. The first-order valence-corrected chi connectivity index (χ1v) is 6.33. The van der Waals surface area contributed by atoms with Crippen LogP contribution < -0.4 is 9.64 Å². The summed E-state index contributed by atoms with van der Waals surface area (Å²) in [6.45, 7) is 5.49. The lowest BCUT2D eigenvalue weighted by Gasteiger charge is -2.23. The Kier molecular flexibility index (Phi) is 4.07. The summed E-state index contributed by atoms with van der Waals surface area (Å²) >= 11 is 0. The summed E-state index contributed by atoms with van der Waals surface area (Å²) in [4.78, 5) is 13.8. The number of para-hydroxylation sites is 2. The molecule has 0 saturated carbocycles. The lowest BCUT2D eigenvalue weighted by Crippen LogP contribution is -2.32. The van der Waals surface area contributed by atoms with Gasteiger partial charge in [0.1, 0.15) is 12.3 Å². The van der Waals surface area contributed by atoms with Gasteiger partial charge in [-0.25, -0.2) is 0 Å². The van der Waals surface area contributed by atoms with Crippen LogP contribution in [0.3, 0.4) is 0 Å². The Balaban J connectivity index is 2.10. The van der Waals surface area contributed by atoms with Gasteiger partial charge in [0.25, 0.3) is 0 Å². The molecule has 98 valence electrons. The van der Waals surface area contributed by atoms with Crippen LogP contribution in [0.4, 0.5) is 5.69 Å². The van der Waals surface area contributed by atoms with E-state index < -0.39 is 0 Å². The van der Waals surface area contributed by atoms with Gasteiger partial charge in [-0.05, 0) is 32.4 Å². The van der Waals surface area contributed by atoms with Gasteiger partial charge in [-0.2, -0.15) is 0 Å². The molecule has 4 nitrogen and oxygen atoms in total. The minimum atomic E-state index is -0.193. The van der Waals surface area contributed by atoms with Crippen molar-refractivity contribution in [3.8, 4) is 5.75 Å². The maximum Gasteiger partial charge on any atom is 0.325 e. The Morgan fingerprint density at radius 2 is 2.22 bits per heavy atom. The Morgan fingerprint density at radius 3 is 3.00 bits per heavy atom. The maximum atomic E-state index is 11.7. The molecular formula is C14H19NO3. The van der Waals surface area contributed by atoms with E-state index in [1.807, 2.05) is 43.0 Å². The number of carbonyl (C=O) groups excluding carboxylic acids is 1. The van der Waals surface area contributed by atoms with Crippen molar-refractivity contribution in [1.29, 1.82) is 0 Å². The molecule has 0 amide bonds. The number of hydrogen-bond acceptors (Lipinski definition) is 4. The van der Waals surface area contributed by atoms with Crippen molar-refractivity contribution < 1.29 is 14.3 Å². The molecule has 0 fully saturated rings. The normalized spacial score (nSPS) is 14.7. The number of esters is 1. The third kappa shape index (κ3) is 3.15. The number of nitrogens with zero attached hydrogens (tertiary/aromatic N) is 1. The van der Waals surface area contributed by atoms with E-state index in [1.165, 1.54) is 0 Å². The Hall–Kier alpha value is -1.71. The minimum absolute atomic E-state index is 0.0732. The van der Waals surface area contributed by atoms with Gasteiger partial charge in [-0.15, -0.1) is 0 Å². The van der Waals surface area contributed by atoms with E-state index in [0.29, 0.717) is 6.61 Å². The van der Waals surface area contributed by atoms with Crippen LogP contribution in [-0.4, -0.2) is 31.8 Å². The topological polar surface area (TPSA) is 38.8 Å². The van der Waals surface area contributed by atoms with E-state index >= 15 is 0 Å². The molecule has 1 aromatic carbocycles. The SMILES string of the molecule is CC(C)OC(=O)CN1CCCOc2ccccc21. The van der Waals surface area contributed by atoms with Gasteiger partial charge in [0.2, 0.25) is 0 Å². The number of benzene rings is 1. The molecule has 0 spiro atoms. The van der Waals surface area contributed by atoms with Gasteiger partial charge >= 0.3 is 5.97 Å². The first-order valence-electron chi connectivity index (χ1n) is 6.33. The molecule has 2 rings (SSSR count). The van der Waals surface area contributed by atoms with E-state index in [-0.39, 0.29) is 18.6 Å². The van der Waals surface area contributed by atoms with Crippen LogP contribution in [0.15, 0.2) is 24.3 Å². The van der Waals surface area contributed by atoms with Gasteiger partial charge in [-0.3, -0.25) is 4.79 Å². The van der Waals surface area contributed by atoms with Crippen LogP contribution in [0.25, 0.3) is 0 Å². The Morgan fingerprint density at radius 1 is 1.44 bits per heavy atom. The molecule has 0 bridgehead atoms. The fraction of sp³-hybridized carbons (Fsp3) is 0.500. The minimum Gasteiger partial charge on any atom is -0.491 e. The second kappa shape index (κ2) is 5.76. The summed E-state index contributed by atoms with van der Waals surface area (Å²) in [5.74, 6) is 0.647. The number of ether oxygens (including phenoxy) is 2. The molecule has 4 heteroatoms. The summed E-state index contributed by atoms with van der Waals surface area (Å²) in [7, 11) is 0. The zero-order valence-corrected chi connectivity index (χ0v) is 10.9. The van der Waals surface area contributed by atoms with Crippen LogP contribution in [-0.2, 0) is 9.53 Å². The van der Waals surface area contributed by atoms with Crippen molar-refractivity contribution in [2.75, 3.05) is 24.6 Å². The largest absolute Gasteiger partial charge is 0.491 e. The summed E-state index contributed by atoms with van der Waals surface area (Å²) in [5, 5.41) is 0. The highest BCUT2D eigenvalue weighted by molar-refractivity contribution is 5.77. The summed E-state index contributed by atoms with van der Waals surface area (Å²) < 4.78 is 10.8. The Labute approximate surface area is 107 Å². The zero-order chi connectivity index (χ0) is 13.0. The van der Waals surface area contributed by atoms with Gasteiger partial charge in [0, 0.05) is 6.54 Å². The van der Waals surface area contributed by atoms with Gasteiger partial charge in [0.15, 0.2) is 0 Å². The number of anilines is 1. The van der Waals surface area contributed by atoms with Crippen molar-refractivity contribution in [3.63, 3.8) is 0 Å². The zero-order valence-electron chi connectivity index (χ0n) is 10.9. The number of fused-ring (bicyclic) bond motifs is 1. The molecule has 1 aliphatic rings. The van der Waals surface area contributed by atoms with Crippen molar-refractivity contribution >= 4 is 11.7 Å². The van der Waals surface area contributed by atoms with E-state index in [0.717, 1.165) is 24.4 Å². The van der Waals surface area contributed by atoms with Crippen LogP contribution in [0, 0.1) is 0 Å². The molecule has 0 aromatic heterocycles. The summed E-state index contributed by atoms with van der Waals surface area (Å²) in [6.07, 6.45) is 0.833. The molecular weight excluding hydrogens is 230 g/mol. The average molecular weight is 249 g/mol. The lowest BCUT2D eigenvalue weighted by atomic mass is 10.2. The van der Waals surface area contributed by atoms with Crippen molar-refractivity contribution in [3.05, 3.63) is 24.3 Å². The van der Waals surface area contributed by atoms with Crippen molar-refractivity contribution in [1.82, 2.24) is 0 Å². The molecule has 1 aromatic rings. The van der Waals surface area contributed by atoms with E-state index in [9.17, 15) is 4.79 Å². The fourth-order valence-corrected chi connectivity index (χ4v) is 2.02. The monoisotopic (exact) mass is 249 g/mol. The number of hydrogen-bond donors (Lipinski definition) is 0. The molecule has 0 N–H and O–H groups in total. The molecule has 1 aliphatic heterocycles. The highest BCUT2D eigenvalue weighted by Crippen LogP contribution is 2.30. The number of carbonyl (C=O) groups is 1. The van der Waals surface area contributed by atoms with E-state index in [1.54, 1.807) is 0 Å². The predicted octanol–water partition coefficient (Wildman–Crippen LogP) is 2.23. The van der Waals surface area contributed by atoms with E-state index in [2.05, 4.69) is 0 Å². The first-order chi connectivity index (χ1) is 8.66. The van der Waals surface area contributed by atoms with Crippen LogP contribution >= 0.6 is 0 Å². The second-order valence-electron chi connectivity index (χ2n) is 4.63. The molecule has 1 heterocycles. The lowest BCUT2D eigenvalue weighted by molar-refractivity contribution is -0.145. The third-order valence-corrected chi connectivity index (χ3v) is 2.72. The van der Waals surface area contributed by atoms with Crippen LogP contribution in [0.2, 0.25) is 0 Å². The summed E-state index contributed by atoms with van der Waals surface area (Å²) in [6, 6.07) is 7.80. The third-order valence-electron chi connectivity index (χ3n) is 2.72. The first kappa shape index (κ1) is 12.7. The van der Waals surface area contributed by atoms with Crippen molar-refractivity contribution in [2.24, 2.45) is 0 Å².